The monoisotopic (exact) mass is 396 g/mol. The molecule has 0 aliphatic carbocycles. The number of unbranched alkanes of at least 4 members (excludes halogenated alkanes) is 1. The Morgan fingerprint density at radius 3 is 2.65 bits per heavy atom. The predicted octanol–water partition coefficient (Wildman–Crippen LogP) is 2.88. The molecule has 8 heteroatoms. The number of ether oxygens (including phenoxy) is 1. The fourth-order valence-corrected chi connectivity index (χ4v) is 7.16. The van der Waals surface area contributed by atoms with Crippen molar-refractivity contribution in [3.8, 4) is 5.75 Å². The van der Waals surface area contributed by atoms with Gasteiger partial charge in [-0.15, -0.1) is 0 Å². The van der Waals surface area contributed by atoms with Gasteiger partial charge in [0.25, 0.3) is 0 Å². The highest BCUT2D eigenvalue weighted by Crippen LogP contribution is 2.41. The molecule has 2 atom stereocenters. The average molecular weight is 397 g/mol. The first kappa shape index (κ1) is 19.2. The number of amidine groups is 1. The maximum absolute atomic E-state index is 12.2. The molecule has 3 rings (SSSR count). The number of fused-ring (bicyclic) bond motifs is 1. The van der Waals surface area contributed by atoms with E-state index in [9.17, 15) is 13.2 Å². The minimum atomic E-state index is -3.06. The fourth-order valence-electron chi connectivity index (χ4n) is 3.23. The number of sulfone groups is 1. The molecule has 2 aliphatic heterocycles. The summed E-state index contributed by atoms with van der Waals surface area (Å²) in [6, 6.07) is 7.32. The highest BCUT2D eigenvalue weighted by atomic mass is 32.2. The SMILES string of the molecule is CCCCC(=O)N=C1S[C@@H]2CS(=O)(=O)C[C@@H]2N1c1ccc(OCC)cc1. The van der Waals surface area contributed by atoms with E-state index in [0.29, 0.717) is 18.2 Å². The summed E-state index contributed by atoms with van der Waals surface area (Å²) in [5, 5.41) is 0.532. The molecule has 0 bridgehead atoms. The highest BCUT2D eigenvalue weighted by molar-refractivity contribution is 8.16. The van der Waals surface area contributed by atoms with E-state index in [1.54, 1.807) is 0 Å². The lowest BCUT2D eigenvalue weighted by molar-refractivity contribution is -0.117. The summed E-state index contributed by atoms with van der Waals surface area (Å²) >= 11 is 1.41. The van der Waals surface area contributed by atoms with Gasteiger partial charge in [0.15, 0.2) is 15.0 Å². The van der Waals surface area contributed by atoms with Crippen molar-refractivity contribution < 1.29 is 17.9 Å². The van der Waals surface area contributed by atoms with Crippen molar-refractivity contribution in [1.29, 1.82) is 0 Å². The molecule has 2 saturated heterocycles. The van der Waals surface area contributed by atoms with Crippen LogP contribution in [0.2, 0.25) is 0 Å². The standard InChI is InChI=1S/C18H24N2O4S2/c1-3-5-6-17(21)19-18-20(13-7-9-14(10-8-13)24-4-2)15-11-26(22,23)12-16(15)25-18/h7-10,15-16H,3-6,11-12H2,1-2H3/t15-,16+/m0/s1. The van der Waals surface area contributed by atoms with Crippen LogP contribution in [0.5, 0.6) is 5.75 Å². The highest BCUT2D eigenvalue weighted by Gasteiger charge is 2.49. The van der Waals surface area contributed by atoms with E-state index in [-0.39, 0.29) is 28.7 Å². The summed E-state index contributed by atoms with van der Waals surface area (Å²) in [4.78, 5) is 18.4. The summed E-state index contributed by atoms with van der Waals surface area (Å²) in [6.45, 7) is 4.54. The van der Waals surface area contributed by atoms with Crippen LogP contribution in [0.4, 0.5) is 5.69 Å². The molecule has 1 aromatic carbocycles. The van der Waals surface area contributed by atoms with Gasteiger partial charge in [0.2, 0.25) is 5.91 Å². The van der Waals surface area contributed by atoms with Gasteiger partial charge in [-0.1, -0.05) is 25.1 Å². The Morgan fingerprint density at radius 2 is 2.00 bits per heavy atom. The number of rotatable bonds is 6. The van der Waals surface area contributed by atoms with Gasteiger partial charge in [-0.2, -0.15) is 4.99 Å². The predicted molar refractivity (Wildman–Crippen MR) is 106 cm³/mol. The van der Waals surface area contributed by atoms with Crippen LogP contribution >= 0.6 is 11.8 Å². The van der Waals surface area contributed by atoms with Crippen LogP contribution in [0.15, 0.2) is 29.3 Å². The number of thioether (sulfide) groups is 1. The van der Waals surface area contributed by atoms with Crippen LogP contribution in [-0.4, -0.2) is 48.9 Å². The van der Waals surface area contributed by atoms with E-state index in [2.05, 4.69) is 4.99 Å². The Balaban J connectivity index is 1.89. The van der Waals surface area contributed by atoms with Crippen molar-refractivity contribution in [1.82, 2.24) is 0 Å². The normalized spacial score (nSPS) is 25.5. The number of hydrogen-bond acceptors (Lipinski definition) is 5. The van der Waals surface area contributed by atoms with Crippen LogP contribution in [-0.2, 0) is 14.6 Å². The number of aliphatic imine (C=N–C) groups is 1. The number of amides is 1. The lowest BCUT2D eigenvalue weighted by Gasteiger charge is -2.24. The topological polar surface area (TPSA) is 76.0 Å². The van der Waals surface area contributed by atoms with Gasteiger partial charge in [-0.3, -0.25) is 4.79 Å². The average Bonchev–Trinajstić information content (AvgIpc) is 3.05. The van der Waals surface area contributed by atoms with Crippen molar-refractivity contribution in [2.75, 3.05) is 23.0 Å². The molecule has 0 saturated carbocycles. The summed E-state index contributed by atoms with van der Waals surface area (Å²) in [5.41, 5.74) is 0.840. The summed E-state index contributed by atoms with van der Waals surface area (Å²) in [5.74, 6) is 0.849. The van der Waals surface area contributed by atoms with E-state index >= 15 is 0 Å². The molecule has 142 valence electrons. The first-order valence-corrected chi connectivity index (χ1v) is 11.6. The van der Waals surface area contributed by atoms with Crippen molar-refractivity contribution in [2.24, 2.45) is 4.99 Å². The lowest BCUT2D eigenvalue weighted by Crippen LogP contribution is -2.37. The molecule has 6 nitrogen and oxygen atoms in total. The minimum Gasteiger partial charge on any atom is -0.494 e. The Hall–Kier alpha value is -1.54. The first-order valence-electron chi connectivity index (χ1n) is 8.94. The van der Waals surface area contributed by atoms with Crippen LogP contribution in [0.25, 0.3) is 0 Å². The molecule has 2 fully saturated rings. The molecule has 0 unspecified atom stereocenters. The third-order valence-corrected chi connectivity index (χ3v) is 7.67. The van der Waals surface area contributed by atoms with Gasteiger partial charge in [-0.05, 0) is 37.6 Å². The molecule has 0 spiro atoms. The maximum Gasteiger partial charge on any atom is 0.248 e. The number of benzene rings is 1. The van der Waals surface area contributed by atoms with Crippen molar-refractivity contribution in [3.05, 3.63) is 24.3 Å². The smallest absolute Gasteiger partial charge is 0.248 e. The van der Waals surface area contributed by atoms with Gasteiger partial charge >= 0.3 is 0 Å². The maximum atomic E-state index is 12.2. The Morgan fingerprint density at radius 1 is 1.27 bits per heavy atom. The second kappa shape index (κ2) is 8.00. The van der Waals surface area contributed by atoms with E-state index < -0.39 is 9.84 Å². The van der Waals surface area contributed by atoms with E-state index in [1.165, 1.54) is 11.8 Å². The zero-order valence-corrected chi connectivity index (χ0v) is 16.7. The van der Waals surface area contributed by atoms with Crippen LogP contribution < -0.4 is 9.64 Å². The van der Waals surface area contributed by atoms with E-state index in [4.69, 9.17) is 4.74 Å². The molecule has 0 N–H and O–H groups in total. The number of carbonyl (C=O) groups is 1. The Bertz CT molecular complexity index is 790. The minimum absolute atomic E-state index is 0.0794. The van der Waals surface area contributed by atoms with E-state index in [1.807, 2.05) is 43.0 Å². The van der Waals surface area contributed by atoms with Crippen molar-refractivity contribution in [3.63, 3.8) is 0 Å². The van der Waals surface area contributed by atoms with Crippen molar-refractivity contribution >= 4 is 38.4 Å². The Kier molecular flexibility index (Phi) is 5.92. The number of nitrogens with zero attached hydrogens (tertiary/aromatic N) is 2. The van der Waals surface area contributed by atoms with Crippen molar-refractivity contribution in [2.45, 2.75) is 44.4 Å². The zero-order chi connectivity index (χ0) is 18.7. The van der Waals surface area contributed by atoms with Crippen LogP contribution in [0.1, 0.15) is 33.1 Å². The summed E-state index contributed by atoms with van der Waals surface area (Å²) < 4.78 is 29.6. The van der Waals surface area contributed by atoms with Gasteiger partial charge < -0.3 is 9.64 Å². The first-order chi connectivity index (χ1) is 12.4. The van der Waals surface area contributed by atoms with Crippen LogP contribution in [0, 0.1) is 0 Å². The zero-order valence-electron chi connectivity index (χ0n) is 15.1. The lowest BCUT2D eigenvalue weighted by atomic mass is 10.2. The third-order valence-electron chi connectivity index (χ3n) is 4.46. The molecular formula is C18H24N2O4S2. The molecule has 2 heterocycles. The van der Waals surface area contributed by atoms with E-state index in [0.717, 1.165) is 24.3 Å². The van der Waals surface area contributed by atoms with Gasteiger partial charge in [-0.25, -0.2) is 8.42 Å². The van der Waals surface area contributed by atoms with Gasteiger partial charge in [0.05, 0.1) is 24.2 Å². The Labute approximate surface area is 158 Å². The molecule has 26 heavy (non-hydrogen) atoms. The van der Waals surface area contributed by atoms with Crippen LogP contribution in [0.3, 0.4) is 0 Å². The summed E-state index contributed by atoms with van der Waals surface area (Å²) in [6.07, 6.45) is 2.17. The number of hydrogen-bond donors (Lipinski definition) is 0. The molecule has 1 aromatic rings. The number of anilines is 1. The molecule has 2 aliphatic rings. The third kappa shape index (κ3) is 4.23. The summed E-state index contributed by atoms with van der Waals surface area (Å²) in [7, 11) is -3.06. The number of carbonyl (C=O) groups excluding carboxylic acids is 1. The van der Waals surface area contributed by atoms with Gasteiger partial charge in [0, 0.05) is 17.4 Å². The molecule has 1 amide bonds. The largest absolute Gasteiger partial charge is 0.494 e. The second-order valence-corrected chi connectivity index (χ2v) is 9.85. The second-order valence-electron chi connectivity index (χ2n) is 6.49. The molecule has 0 radical (unpaired) electrons. The van der Waals surface area contributed by atoms with Gasteiger partial charge in [0.1, 0.15) is 5.75 Å². The molecular weight excluding hydrogens is 372 g/mol. The quantitative estimate of drug-likeness (QED) is 0.736. The fraction of sp³-hybridized carbons (Fsp3) is 0.556. The molecule has 0 aromatic heterocycles.